The van der Waals surface area contributed by atoms with Gasteiger partial charge in [0, 0.05) is 29.0 Å². The van der Waals surface area contributed by atoms with E-state index < -0.39 is 5.97 Å². The molecular formula is C27H25NO4. The summed E-state index contributed by atoms with van der Waals surface area (Å²) in [6, 6.07) is 21.8. The third kappa shape index (κ3) is 4.12. The van der Waals surface area contributed by atoms with Crippen LogP contribution in [0.4, 0.5) is 0 Å². The molecular weight excluding hydrogens is 402 g/mol. The predicted molar refractivity (Wildman–Crippen MR) is 124 cm³/mol. The summed E-state index contributed by atoms with van der Waals surface area (Å²) in [4.78, 5) is 11.2. The van der Waals surface area contributed by atoms with Gasteiger partial charge in [-0.05, 0) is 53.8 Å². The molecule has 0 bridgehead atoms. The second kappa shape index (κ2) is 8.52. The first-order chi connectivity index (χ1) is 15.6. The summed E-state index contributed by atoms with van der Waals surface area (Å²) in [5, 5.41) is 10.2. The highest BCUT2D eigenvalue weighted by atomic mass is 16.5. The molecule has 3 aromatic carbocycles. The summed E-state index contributed by atoms with van der Waals surface area (Å²) in [5.74, 6) is 1.14. The van der Waals surface area contributed by atoms with E-state index in [1.54, 1.807) is 6.07 Å². The Morgan fingerprint density at radius 2 is 1.84 bits per heavy atom. The molecule has 0 spiro atoms. The van der Waals surface area contributed by atoms with E-state index in [0.717, 1.165) is 51.8 Å². The molecule has 0 aliphatic heterocycles. The van der Waals surface area contributed by atoms with Gasteiger partial charge in [0.05, 0.1) is 6.42 Å². The van der Waals surface area contributed by atoms with Crippen LogP contribution >= 0.6 is 0 Å². The molecule has 162 valence electrons. The lowest BCUT2D eigenvalue weighted by Gasteiger charge is -2.11. The Bertz CT molecular complexity index is 1290. The maximum absolute atomic E-state index is 11.2. The van der Waals surface area contributed by atoms with Crippen molar-refractivity contribution >= 4 is 16.9 Å². The number of hydrogen-bond donors (Lipinski definition) is 2. The van der Waals surface area contributed by atoms with Crippen LogP contribution in [0.3, 0.4) is 0 Å². The Labute approximate surface area is 186 Å². The number of rotatable bonds is 8. The fraction of sp³-hybridized carbons (Fsp3) is 0.222. The molecule has 0 saturated heterocycles. The summed E-state index contributed by atoms with van der Waals surface area (Å²) < 4.78 is 12.4. The summed E-state index contributed by atoms with van der Waals surface area (Å²) in [6.07, 6.45) is 2.17. The monoisotopic (exact) mass is 427 g/mol. The summed E-state index contributed by atoms with van der Waals surface area (Å²) in [5.41, 5.74) is 11.7. The smallest absolute Gasteiger partial charge is 0.307 e. The van der Waals surface area contributed by atoms with Crippen molar-refractivity contribution in [3.05, 3.63) is 89.2 Å². The molecule has 5 nitrogen and oxygen atoms in total. The highest BCUT2D eigenvalue weighted by molar-refractivity contribution is 5.87. The van der Waals surface area contributed by atoms with Gasteiger partial charge in [-0.25, -0.2) is 0 Å². The molecule has 1 aromatic heterocycles. The van der Waals surface area contributed by atoms with Crippen molar-refractivity contribution in [3.8, 4) is 16.9 Å². The van der Waals surface area contributed by atoms with Gasteiger partial charge in [-0.1, -0.05) is 42.5 Å². The zero-order valence-electron chi connectivity index (χ0n) is 17.7. The van der Waals surface area contributed by atoms with E-state index in [1.165, 1.54) is 0 Å². The normalized spacial score (nSPS) is 13.4. The van der Waals surface area contributed by atoms with E-state index in [9.17, 15) is 9.90 Å². The van der Waals surface area contributed by atoms with Crippen molar-refractivity contribution in [1.82, 2.24) is 0 Å². The molecule has 5 rings (SSSR count). The Balaban J connectivity index is 1.51. The van der Waals surface area contributed by atoms with E-state index in [4.69, 9.17) is 14.9 Å². The maximum atomic E-state index is 11.2. The molecule has 32 heavy (non-hydrogen) atoms. The molecule has 1 saturated carbocycles. The van der Waals surface area contributed by atoms with Crippen LogP contribution in [0.2, 0.25) is 0 Å². The lowest BCUT2D eigenvalue weighted by atomic mass is 10.00. The lowest BCUT2D eigenvalue weighted by Crippen LogP contribution is -2.04. The second-order valence-electron chi connectivity index (χ2n) is 8.30. The number of nitrogens with two attached hydrogens (primary N) is 1. The largest absolute Gasteiger partial charge is 0.488 e. The van der Waals surface area contributed by atoms with Crippen LogP contribution in [0.25, 0.3) is 22.1 Å². The molecule has 0 amide bonds. The van der Waals surface area contributed by atoms with Gasteiger partial charge >= 0.3 is 5.97 Å². The standard InChI is InChI=1S/C27H25NO4/c28-15-17-4-3-6-19(12-17)20-10-11-25-22(13-20)23(27(32-25)18-8-9-18)16-31-24-7-2-1-5-21(24)14-26(29)30/h1-7,10-13,18H,8-9,14-16,28H2,(H,29,30). The minimum absolute atomic E-state index is 0.0700. The minimum atomic E-state index is -0.877. The number of para-hydroxylation sites is 1. The molecule has 4 aromatic rings. The highest BCUT2D eigenvalue weighted by Crippen LogP contribution is 2.45. The molecule has 1 fully saturated rings. The SMILES string of the molecule is NCc1cccc(-c2ccc3oc(C4CC4)c(COc4ccccc4CC(=O)O)c3c2)c1. The van der Waals surface area contributed by atoms with Crippen molar-refractivity contribution in [2.24, 2.45) is 5.73 Å². The number of aliphatic carboxylic acids is 1. The molecule has 1 aliphatic carbocycles. The minimum Gasteiger partial charge on any atom is -0.488 e. The number of carboxylic acids is 1. The van der Waals surface area contributed by atoms with Crippen LogP contribution in [0.5, 0.6) is 5.75 Å². The molecule has 5 heteroatoms. The fourth-order valence-electron chi connectivity index (χ4n) is 4.15. The second-order valence-corrected chi connectivity index (χ2v) is 8.30. The van der Waals surface area contributed by atoms with E-state index in [-0.39, 0.29) is 6.42 Å². The number of ether oxygens (including phenoxy) is 1. The Hall–Kier alpha value is -3.57. The van der Waals surface area contributed by atoms with Crippen molar-refractivity contribution in [1.29, 1.82) is 0 Å². The zero-order chi connectivity index (χ0) is 22.1. The molecule has 0 unspecified atom stereocenters. The highest BCUT2D eigenvalue weighted by Gasteiger charge is 2.31. The first-order valence-electron chi connectivity index (χ1n) is 10.9. The first-order valence-corrected chi connectivity index (χ1v) is 10.9. The van der Waals surface area contributed by atoms with Gasteiger partial charge in [-0.3, -0.25) is 4.79 Å². The van der Waals surface area contributed by atoms with E-state index in [0.29, 0.717) is 30.4 Å². The molecule has 1 heterocycles. The van der Waals surface area contributed by atoms with Crippen molar-refractivity contribution < 1.29 is 19.1 Å². The lowest BCUT2D eigenvalue weighted by molar-refractivity contribution is -0.136. The van der Waals surface area contributed by atoms with E-state index in [1.807, 2.05) is 36.4 Å². The Kier molecular flexibility index (Phi) is 5.41. The van der Waals surface area contributed by atoms with Gasteiger partial charge in [0.25, 0.3) is 0 Å². The van der Waals surface area contributed by atoms with Crippen LogP contribution in [0.15, 0.2) is 71.1 Å². The quantitative estimate of drug-likeness (QED) is 0.380. The van der Waals surface area contributed by atoms with Gasteiger partial charge in [-0.15, -0.1) is 0 Å². The number of hydrogen-bond acceptors (Lipinski definition) is 4. The number of fused-ring (bicyclic) bond motifs is 1. The average Bonchev–Trinajstić information content (AvgIpc) is 3.59. The third-order valence-electron chi connectivity index (χ3n) is 5.95. The van der Waals surface area contributed by atoms with Gasteiger partial charge in [-0.2, -0.15) is 0 Å². The fourth-order valence-corrected chi connectivity index (χ4v) is 4.15. The van der Waals surface area contributed by atoms with Gasteiger partial charge in [0.1, 0.15) is 23.7 Å². The average molecular weight is 428 g/mol. The van der Waals surface area contributed by atoms with Gasteiger partial charge in [0.2, 0.25) is 0 Å². The number of carbonyl (C=O) groups is 1. The van der Waals surface area contributed by atoms with Gasteiger partial charge < -0.3 is 20.0 Å². The van der Waals surface area contributed by atoms with Gasteiger partial charge in [0.15, 0.2) is 0 Å². The number of benzene rings is 3. The van der Waals surface area contributed by atoms with Crippen molar-refractivity contribution in [2.45, 2.75) is 38.3 Å². The Morgan fingerprint density at radius 1 is 1.03 bits per heavy atom. The van der Waals surface area contributed by atoms with E-state index in [2.05, 4.69) is 24.3 Å². The summed E-state index contributed by atoms with van der Waals surface area (Å²) >= 11 is 0. The molecule has 0 radical (unpaired) electrons. The van der Waals surface area contributed by atoms with Crippen LogP contribution in [-0.4, -0.2) is 11.1 Å². The third-order valence-corrected chi connectivity index (χ3v) is 5.95. The number of furan rings is 1. The van der Waals surface area contributed by atoms with Crippen molar-refractivity contribution in [3.63, 3.8) is 0 Å². The maximum Gasteiger partial charge on any atom is 0.307 e. The topological polar surface area (TPSA) is 85.7 Å². The van der Waals surface area contributed by atoms with Crippen molar-refractivity contribution in [2.75, 3.05) is 0 Å². The first kappa shape index (κ1) is 20.3. The van der Waals surface area contributed by atoms with Crippen LogP contribution in [-0.2, 0) is 24.4 Å². The predicted octanol–water partition coefficient (Wildman–Crippen LogP) is 5.64. The number of carboxylic acid groups (broad SMARTS) is 1. The van der Waals surface area contributed by atoms with Crippen LogP contribution in [0.1, 0.15) is 41.2 Å². The summed E-state index contributed by atoms with van der Waals surface area (Å²) in [6.45, 7) is 0.838. The van der Waals surface area contributed by atoms with Crippen LogP contribution < -0.4 is 10.5 Å². The molecule has 3 N–H and O–H groups in total. The molecule has 1 aliphatic rings. The molecule has 0 atom stereocenters. The zero-order valence-corrected chi connectivity index (χ0v) is 17.7. The Morgan fingerprint density at radius 3 is 2.62 bits per heavy atom. The van der Waals surface area contributed by atoms with Crippen LogP contribution in [0, 0.1) is 0 Å². The summed E-state index contributed by atoms with van der Waals surface area (Å²) in [7, 11) is 0. The van der Waals surface area contributed by atoms with E-state index >= 15 is 0 Å².